The van der Waals surface area contributed by atoms with Crippen molar-refractivity contribution in [2.24, 2.45) is 11.7 Å². The molecular weight excluding hydrogens is 220 g/mol. The molecule has 1 atom stereocenters. The average Bonchev–Trinajstić information content (AvgIpc) is 2.43. The molecule has 0 saturated carbocycles. The molecular formula is C16H34N2. The minimum atomic E-state index is 0.256. The van der Waals surface area contributed by atoms with Crippen LogP contribution in [-0.2, 0) is 0 Å². The van der Waals surface area contributed by atoms with Gasteiger partial charge in [-0.3, -0.25) is 4.90 Å². The standard InChI is InChI=1S/C16H34N2/c1-4-6-7-8-11-16(3,14-17)18-12-9-15(5-2)10-13-18/h15H,4-14,17H2,1-3H3. The van der Waals surface area contributed by atoms with Crippen LogP contribution in [0.15, 0.2) is 0 Å². The predicted molar refractivity (Wildman–Crippen MR) is 80.8 cm³/mol. The lowest BCUT2D eigenvalue weighted by Crippen LogP contribution is -2.54. The lowest BCUT2D eigenvalue weighted by Gasteiger charge is -2.44. The van der Waals surface area contributed by atoms with E-state index in [1.54, 1.807) is 0 Å². The van der Waals surface area contributed by atoms with Gasteiger partial charge in [-0.15, -0.1) is 0 Å². The summed E-state index contributed by atoms with van der Waals surface area (Å²) in [4.78, 5) is 2.67. The highest BCUT2D eigenvalue weighted by molar-refractivity contribution is 4.89. The van der Waals surface area contributed by atoms with E-state index in [0.29, 0.717) is 0 Å². The maximum Gasteiger partial charge on any atom is 0.0303 e. The lowest BCUT2D eigenvalue weighted by molar-refractivity contribution is 0.0583. The third kappa shape index (κ3) is 4.55. The number of rotatable bonds is 8. The van der Waals surface area contributed by atoms with E-state index < -0.39 is 0 Å². The minimum absolute atomic E-state index is 0.256. The van der Waals surface area contributed by atoms with Crippen molar-refractivity contribution in [3.05, 3.63) is 0 Å². The maximum absolute atomic E-state index is 6.08. The molecule has 0 aliphatic carbocycles. The molecule has 2 N–H and O–H groups in total. The fourth-order valence-corrected chi connectivity index (χ4v) is 3.20. The van der Waals surface area contributed by atoms with Gasteiger partial charge in [-0.1, -0.05) is 46.0 Å². The normalized spacial score (nSPS) is 22.0. The summed E-state index contributed by atoms with van der Waals surface area (Å²) in [7, 11) is 0. The van der Waals surface area contributed by atoms with E-state index >= 15 is 0 Å². The smallest absolute Gasteiger partial charge is 0.0303 e. The van der Waals surface area contributed by atoms with Crippen LogP contribution in [0.4, 0.5) is 0 Å². The Bertz CT molecular complexity index is 209. The van der Waals surface area contributed by atoms with E-state index in [2.05, 4.69) is 25.7 Å². The third-order valence-electron chi connectivity index (χ3n) is 4.96. The summed E-state index contributed by atoms with van der Waals surface area (Å²) in [5, 5.41) is 0. The van der Waals surface area contributed by atoms with Gasteiger partial charge in [0, 0.05) is 12.1 Å². The van der Waals surface area contributed by atoms with Crippen molar-refractivity contribution in [2.75, 3.05) is 19.6 Å². The van der Waals surface area contributed by atoms with Crippen LogP contribution in [0.5, 0.6) is 0 Å². The molecule has 0 radical (unpaired) electrons. The largest absolute Gasteiger partial charge is 0.329 e. The van der Waals surface area contributed by atoms with E-state index in [1.165, 1.54) is 64.5 Å². The van der Waals surface area contributed by atoms with Crippen molar-refractivity contribution in [1.82, 2.24) is 4.90 Å². The number of unbranched alkanes of at least 4 members (excludes halogenated alkanes) is 3. The molecule has 1 rings (SSSR count). The van der Waals surface area contributed by atoms with Crippen LogP contribution in [0.3, 0.4) is 0 Å². The Kier molecular flexibility index (Phi) is 7.25. The molecule has 2 heteroatoms. The predicted octanol–water partition coefficient (Wildman–Crippen LogP) is 3.80. The van der Waals surface area contributed by atoms with Gasteiger partial charge in [0.05, 0.1) is 0 Å². The maximum atomic E-state index is 6.08. The Labute approximate surface area is 114 Å². The van der Waals surface area contributed by atoms with Crippen LogP contribution in [-0.4, -0.2) is 30.1 Å². The second-order valence-corrected chi connectivity index (χ2v) is 6.35. The van der Waals surface area contributed by atoms with E-state index in [0.717, 1.165) is 12.5 Å². The highest BCUT2D eigenvalue weighted by Gasteiger charge is 2.32. The summed E-state index contributed by atoms with van der Waals surface area (Å²) in [6.45, 7) is 10.3. The molecule has 0 bridgehead atoms. The Morgan fingerprint density at radius 3 is 2.28 bits per heavy atom. The highest BCUT2D eigenvalue weighted by Crippen LogP contribution is 2.28. The number of nitrogens with two attached hydrogens (primary N) is 1. The molecule has 0 spiro atoms. The first-order valence-electron chi connectivity index (χ1n) is 8.11. The van der Waals surface area contributed by atoms with E-state index in [-0.39, 0.29) is 5.54 Å². The summed E-state index contributed by atoms with van der Waals surface area (Å²) < 4.78 is 0. The van der Waals surface area contributed by atoms with E-state index in [4.69, 9.17) is 5.73 Å². The molecule has 18 heavy (non-hydrogen) atoms. The topological polar surface area (TPSA) is 29.3 Å². The Morgan fingerprint density at radius 1 is 1.11 bits per heavy atom. The Balaban J connectivity index is 2.38. The SMILES string of the molecule is CCCCCCC(C)(CN)N1CCC(CC)CC1. The monoisotopic (exact) mass is 254 g/mol. The number of hydrogen-bond acceptors (Lipinski definition) is 2. The van der Waals surface area contributed by atoms with Gasteiger partial charge >= 0.3 is 0 Å². The van der Waals surface area contributed by atoms with Crippen molar-refractivity contribution < 1.29 is 0 Å². The second-order valence-electron chi connectivity index (χ2n) is 6.35. The van der Waals surface area contributed by atoms with Crippen molar-refractivity contribution in [1.29, 1.82) is 0 Å². The zero-order valence-corrected chi connectivity index (χ0v) is 12.9. The van der Waals surface area contributed by atoms with Crippen LogP contribution in [0.1, 0.15) is 72.1 Å². The summed E-state index contributed by atoms with van der Waals surface area (Å²) in [5.74, 6) is 0.961. The molecule has 0 amide bonds. The lowest BCUT2D eigenvalue weighted by atomic mass is 9.87. The molecule has 1 saturated heterocycles. The van der Waals surface area contributed by atoms with Crippen molar-refractivity contribution in [2.45, 2.75) is 77.7 Å². The molecule has 2 nitrogen and oxygen atoms in total. The first-order valence-corrected chi connectivity index (χ1v) is 8.11. The summed E-state index contributed by atoms with van der Waals surface area (Å²) in [6, 6.07) is 0. The van der Waals surface area contributed by atoms with Gasteiger partial charge in [-0.05, 0) is 45.2 Å². The van der Waals surface area contributed by atoms with Crippen molar-refractivity contribution in [3.63, 3.8) is 0 Å². The van der Waals surface area contributed by atoms with Crippen LogP contribution in [0.25, 0.3) is 0 Å². The Hall–Kier alpha value is -0.0800. The zero-order chi connectivity index (χ0) is 13.4. The van der Waals surface area contributed by atoms with Crippen LogP contribution < -0.4 is 5.73 Å². The first kappa shape index (κ1) is 16.0. The molecule has 1 aliphatic heterocycles. The quantitative estimate of drug-likeness (QED) is 0.668. The van der Waals surface area contributed by atoms with Crippen LogP contribution in [0, 0.1) is 5.92 Å². The molecule has 1 fully saturated rings. The second kappa shape index (κ2) is 8.16. The fraction of sp³-hybridized carbons (Fsp3) is 1.00. The highest BCUT2D eigenvalue weighted by atomic mass is 15.2. The molecule has 1 unspecified atom stereocenters. The fourth-order valence-electron chi connectivity index (χ4n) is 3.20. The zero-order valence-electron chi connectivity index (χ0n) is 12.9. The first-order chi connectivity index (χ1) is 8.66. The van der Waals surface area contributed by atoms with Crippen LogP contribution >= 0.6 is 0 Å². The summed E-state index contributed by atoms with van der Waals surface area (Å²) >= 11 is 0. The number of piperidine rings is 1. The van der Waals surface area contributed by atoms with Gasteiger partial charge in [0.25, 0.3) is 0 Å². The third-order valence-corrected chi connectivity index (χ3v) is 4.96. The summed E-state index contributed by atoms with van der Waals surface area (Å²) in [6.07, 6.45) is 10.8. The van der Waals surface area contributed by atoms with Crippen LogP contribution in [0.2, 0.25) is 0 Å². The Morgan fingerprint density at radius 2 is 1.78 bits per heavy atom. The van der Waals surface area contributed by atoms with Gasteiger partial charge in [0.15, 0.2) is 0 Å². The van der Waals surface area contributed by atoms with Gasteiger partial charge in [-0.2, -0.15) is 0 Å². The average molecular weight is 254 g/mol. The summed E-state index contributed by atoms with van der Waals surface area (Å²) in [5.41, 5.74) is 6.33. The van der Waals surface area contributed by atoms with Gasteiger partial charge in [0.2, 0.25) is 0 Å². The number of likely N-dealkylation sites (tertiary alicyclic amines) is 1. The van der Waals surface area contributed by atoms with E-state index in [9.17, 15) is 0 Å². The molecule has 1 aliphatic rings. The molecule has 0 aromatic rings. The minimum Gasteiger partial charge on any atom is -0.329 e. The van der Waals surface area contributed by atoms with Gasteiger partial charge < -0.3 is 5.73 Å². The number of nitrogens with zero attached hydrogens (tertiary/aromatic N) is 1. The molecule has 0 aromatic heterocycles. The van der Waals surface area contributed by atoms with E-state index in [1.807, 2.05) is 0 Å². The van der Waals surface area contributed by atoms with Gasteiger partial charge in [-0.25, -0.2) is 0 Å². The van der Waals surface area contributed by atoms with Crippen molar-refractivity contribution >= 4 is 0 Å². The molecule has 0 aromatic carbocycles. The van der Waals surface area contributed by atoms with Crippen molar-refractivity contribution in [3.8, 4) is 0 Å². The van der Waals surface area contributed by atoms with Gasteiger partial charge in [0.1, 0.15) is 0 Å². The molecule has 1 heterocycles. The molecule has 108 valence electrons. The number of hydrogen-bond donors (Lipinski definition) is 1.